The molecule has 0 amide bonds. The lowest BCUT2D eigenvalue weighted by molar-refractivity contribution is 0.127. The van der Waals surface area contributed by atoms with Crippen molar-refractivity contribution in [3.05, 3.63) is 0 Å². The molecule has 0 bridgehead atoms. The molecule has 0 radical (unpaired) electrons. The maximum absolute atomic E-state index is 5.75. The molecule has 0 spiro atoms. The summed E-state index contributed by atoms with van der Waals surface area (Å²) in [6.07, 6.45) is 57.8. The van der Waals surface area contributed by atoms with Crippen LogP contribution in [0.5, 0.6) is 0 Å². The second-order valence-electron chi connectivity index (χ2n) is 15.9. The van der Waals surface area contributed by atoms with E-state index >= 15 is 0 Å². The zero-order chi connectivity index (χ0) is 35.2. The number of ether oxygens (including phenoxy) is 1. The second kappa shape index (κ2) is 47.9. The van der Waals surface area contributed by atoms with Crippen LogP contribution in [0.4, 0.5) is 0 Å². The minimum atomic E-state index is 0.781. The monoisotopic (exact) mass is 693 g/mol. The van der Waals surface area contributed by atoms with Crippen LogP contribution >= 0.6 is 0 Å². The van der Waals surface area contributed by atoms with Crippen LogP contribution < -0.4 is 11.1 Å². The van der Waals surface area contributed by atoms with Gasteiger partial charge in [0.2, 0.25) is 0 Å². The molecular formula is C46H96N2O. The van der Waals surface area contributed by atoms with Crippen molar-refractivity contribution in [2.75, 3.05) is 32.8 Å². The summed E-state index contributed by atoms with van der Waals surface area (Å²) >= 11 is 0. The third-order valence-electron chi connectivity index (χ3n) is 10.8. The Morgan fingerprint density at radius 1 is 0.286 bits per heavy atom. The van der Waals surface area contributed by atoms with Crippen molar-refractivity contribution in [1.29, 1.82) is 0 Å². The van der Waals surface area contributed by atoms with Crippen LogP contribution in [0, 0.1) is 0 Å². The Balaban J connectivity index is 3.04. The molecule has 0 saturated carbocycles. The van der Waals surface area contributed by atoms with E-state index in [0.29, 0.717) is 0 Å². The number of rotatable bonds is 46. The number of hydrogen-bond donors (Lipinski definition) is 2. The molecule has 0 heterocycles. The van der Waals surface area contributed by atoms with Crippen LogP contribution in [0.15, 0.2) is 0 Å². The Morgan fingerprint density at radius 3 is 0.776 bits per heavy atom. The maximum atomic E-state index is 5.75. The smallest absolute Gasteiger partial charge is 0.0478 e. The molecule has 0 aromatic heterocycles. The summed E-state index contributed by atoms with van der Waals surface area (Å²) in [7, 11) is 0. The van der Waals surface area contributed by atoms with Gasteiger partial charge in [-0.1, -0.05) is 244 Å². The Labute approximate surface area is 311 Å². The average molecular weight is 693 g/mol. The second-order valence-corrected chi connectivity index (χ2v) is 15.9. The number of nitrogens with one attached hydrogen (secondary N) is 1. The fourth-order valence-electron chi connectivity index (χ4n) is 7.39. The summed E-state index contributed by atoms with van der Waals surface area (Å²) in [5.74, 6) is 0. The fraction of sp³-hybridized carbons (Fsp3) is 1.00. The first-order valence-electron chi connectivity index (χ1n) is 23.4. The molecule has 0 rings (SSSR count). The van der Waals surface area contributed by atoms with Gasteiger partial charge in [-0.25, -0.2) is 0 Å². The zero-order valence-corrected chi connectivity index (χ0v) is 34.3. The van der Waals surface area contributed by atoms with E-state index in [2.05, 4.69) is 12.2 Å². The predicted molar refractivity (Wildman–Crippen MR) is 223 cm³/mol. The van der Waals surface area contributed by atoms with E-state index < -0.39 is 0 Å². The first kappa shape index (κ1) is 48.9. The Bertz CT molecular complexity index is 495. The van der Waals surface area contributed by atoms with E-state index in [1.165, 1.54) is 244 Å². The molecule has 0 fully saturated rings. The van der Waals surface area contributed by atoms with Gasteiger partial charge in [0.25, 0.3) is 0 Å². The molecule has 0 aliphatic rings. The van der Waals surface area contributed by atoms with Gasteiger partial charge < -0.3 is 15.8 Å². The van der Waals surface area contributed by atoms with Gasteiger partial charge in [0.1, 0.15) is 0 Å². The van der Waals surface area contributed by atoms with Crippen molar-refractivity contribution in [1.82, 2.24) is 5.32 Å². The van der Waals surface area contributed by atoms with Gasteiger partial charge in [-0.15, -0.1) is 0 Å². The molecule has 3 heteroatoms. The van der Waals surface area contributed by atoms with Crippen molar-refractivity contribution in [2.24, 2.45) is 5.73 Å². The Kier molecular flexibility index (Phi) is 47.8. The van der Waals surface area contributed by atoms with Gasteiger partial charge >= 0.3 is 0 Å². The first-order valence-corrected chi connectivity index (χ1v) is 23.4. The van der Waals surface area contributed by atoms with Crippen molar-refractivity contribution in [2.45, 2.75) is 264 Å². The molecule has 0 atom stereocenters. The highest BCUT2D eigenvalue weighted by Gasteiger charge is 1.98. The first-order chi connectivity index (χ1) is 24.4. The van der Waals surface area contributed by atoms with Crippen LogP contribution in [-0.2, 0) is 4.74 Å². The molecule has 0 saturated heterocycles. The number of nitrogens with two attached hydrogens (primary N) is 1. The minimum Gasteiger partial charge on any atom is -0.381 e. The molecule has 3 N–H and O–H groups in total. The highest BCUT2D eigenvalue weighted by atomic mass is 16.5. The van der Waals surface area contributed by atoms with Crippen molar-refractivity contribution in [3.8, 4) is 0 Å². The fourth-order valence-corrected chi connectivity index (χ4v) is 7.39. The molecule has 0 aliphatic carbocycles. The average Bonchev–Trinajstić information content (AvgIpc) is 3.11. The van der Waals surface area contributed by atoms with Crippen molar-refractivity contribution >= 4 is 0 Å². The Morgan fingerprint density at radius 2 is 0.510 bits per heavy atom. The summed E-state index contributed by atoms with van der Waals surface area (Å²) in [6, 6.07) is 0. The van der Waals surface area contributed by atoms with Crippen LogP contribution in [0.2, 0.25) is 0 Å². The molecule has 0 unspecified atom stereocenters. The molecule has 3 nitrogen and oxygen atoms in total. The summed E-state index contributed by atoms with van der Waals surface area (Å²) in [5.41, 5.74) is 5.50. The van der Waals surface area contributed by atoms with Crippen LogP contribution in [0.25, 0.3) is 0 Å². The predicted octanol–water partition coefficient (Wildman–Crippen LogP) is 15.2. The van der Waals surface area contributed by atoms with E-state index in [4.69, 9.17) is 10.5 Å². The topological polar surface area (TPSA) is 47.3 Å². The van der Waals surface area contributed by atoms with E-state index in [0.717, 1.165) is 45.7 Å². The molecule has 49 heavy (non-hydrogen) atoms. The van der Waals surface area contributed by atoms with Gasteiger partial charge in [0.15, 0.2) is 0 Å². The normalized spacial score (nSPS) is 11.6. The third-order valence-corrected chi connectivity index (χ3v) is 10.8. The molecule has 0 aliphatic heterocycles. The number of hydrogen-bond acceptors (Lipinski definition) is 3. The van der Waals surface area contributed by atoms with Crippen molar-refractivity contribution in [3.63, 3.8) is 0 Å². The van der Waals surface area contributed by atoms with Gasteiger partial charge in [0, 0.05) is 13.2 Å². The quantitative estimate of drug-likeness (QED) is 0.0624. The van der Waals surface area contributed by atoms with E-state index in [1.54, 1.807) is 0 Å². The van der Waals surface area contributed by atoms with Crippen LogP contribution in [0.3, 0.4) is 0 Å². The van der Waals surface area contributed by atoms with Crippen LogP contribution in [-0.4, -0.2) is 32.8 Å². The third kappa shape index (κ3) is 47.9. The van der Waals surface area contributed by atoms with E-state index in [9.17, 15) is 0 Å². The summed E-state index contributed by atoms with van der Waals surface area (Å²) in [5, 5.41) is 3.41. The van der Waals surface area contributed by atoms with Gasteiger partial charge in [0.05, 0.1) is 0 Å². The zero-order valence-electron chi connectivity index (χ0n) is 34.3. The lowest BCUT2D eigenvalue weighted by atomic mass is 10.0. The molecule has 0 aromatic carbocycles. The molecule has 0 aromatic rings. The molecular weight excluding hydrogens is 597 g/mol. The van der Waals surface area contributed by atoms with E-state index in [-0.39, 0.29) is 0 Å². The van der Waals surface area contributed by atoms with E-state index in [1.807, 2.05) is 0 Å². The van der Waals surface area contributed by atoms with Gasteiger partial charge in [-0.2, -0.15) is 0 Å². The lowest BCUT2D eigenvalue weighted by Crippen LogP contribution is -2.20. The summed E-state index contributed by atoms with van der Waals surface area (Å²) in [6.45, 7) is 7.03. The molecule has 296 valence electrons. The highest BCUT2D eigenvalue weighted by Crippen LogP contribution is 2.17. The van der Waals surface area contributed by atoms with Crippen molar-refractivity contribution < 1.29 is 4.74 Å². The summed E-state index contributed by atoms with van der Waals surface area (Å²) < 4.78 is 5.75. The Hall–Kier alpha value is -0.120. The standard InChI is InChI=1S/C46H96N2O/c1-2-3-4-5-6-7-8-9-10-11-12-13-14-15-16-17-18-19-20-21-22-23-24-25-26-27-28-29-30-31-32-33-34-35-36-37-38-39-45-49-46-41-44-48-43-40-42-47/h48H,2-47H2,1H3. The lowest BCUT2D eigenvalue weighted by Gasteiger charge is -2.06. The highest BCUT2D eigenvalue weighted by molar-refractivity contribution is 4.54. The number of unbranched alkanes of at least 4 members (excludes halogenated alkanes) is 37. The maximum Gasteiger partial charge on any atom is 0.0478 e. The van der Waals surface area contributed by atoms with Gasteiger partial charge in [-0.3, -0.25) is 0 Å². The minimum absolute atomic E-state index is 0.781. The van der Waals surface area contributed by atoms with Gasteiger partial charge in [-0.05, 0) is 38.9 Å². The van der Waals surface area contributed by atoms with Crippen LogP contribution in [0.1, 0.15) is 264 Å². The summed E-state index contributed by atoms with van der Waals surface area (Å²) in [4.78, 5) is 0. The largest absolute Gasteiger partial charge is 0.381 e. The SMILES string of the molecule is CCCCCCCCCCCCCCCCCCCCCCCCCCCCCCCCCCCCCCCCOCCCNCCCN.